The van der Waals surface area contributed by atoms with E-state index in [-0.39, 0.29) is 17.8 Å². The molecule has 25 heavy (non-hydrogen) atoms. The fourth-order valence-corrected chi connectivity index (χ4v) is 4.21. The van der Waals surface area contributed by atoms with Crippen LogP contribution in [0.25, 0.3) is 5.69 Å². The van der Waals surface area contributed by atoms with E-state index in [1.165, 1.54) is 18.6 Å². The summed E-state index contributed by atoms with van der Waals surface area (Å²) in [5.41, 5.74) is 1.05. The molecule has 2 aliphatic rings. The van der Waals surface area contributed by atoms with E-state index in [2.05, 4.69) is 17.0 Å². The van der Waals surface area contributed by atoms with Crippen LogP contribution in [0.4, 0.5) is 4.39 Å². The van der Waals surface area contributed by atoms with E-state index < -0.39 is 0 Å². The van der Waals surface area contributed by atoms with Crippen LogP contribution in [0.5, 0.6) is 0 Å². The second-order valence-corrected chi connectivity index (χ2v) is 7.02. The van der Waals surface area contributed by atoms with Crippen molar-refractivity contribution in [1.82, 2.24) is 19.6 Å². The number of benzene rings is 1. The van der Waals surface area contributed by atoms with Gasteiger partial charge in [0.15, 0.2) is 5.69 Å². The number of amides is 1. The minimum atomic E-state index is -0.315. The van der Waals surface area contributed by atoms with Crippen molar-refractivity contribution in [2.75, 3.05) is 20.1 Å². The van der Waals surface area contributed by atoms with Crippen molar-refractivity contribution in [2.24, 2.45) is 0 Å². The van der Waals surface area contributed by atoms with Crippen LogP contribution < -0.4 is 0 Å². The summed E-state index contributed by atoms with van der Waals surface area (Å²) in [4.78, 5) is 17.4. The zero-order valence-electron chi connectivity index (χ0n) is 14.4. The molecule has 1 aromatic heterocycles. The zero-order chi connectivity index (χ0) is 17.4. The molecule has 5 nitrogen and oxygen atoms in total. The lowest BCUT2D eigenvalue weighted by molar-refractivity contribution is 0.0658. The van der Waals surface area contributed by atoms with Crippen molar-refractivity contribution in [3.63, 3.8) is 0 Å². The fourth-order valence-electron chi connectivity index (χ4n) is 4.21. The summed E-state index contributed by atoms with van der Waals surface area (Å²) < 4.78 is 15.0. The third kappa shape index (κ3) is 3.06. The molecule has 0 unspecified atom stereocenters. The summed E-state index contributed by atoms with van der Waals surface area (Å²) >= 11 is 0. The third-order valence-electron chi connectivity index (χ3n) is 5.46. The highest BCUT2D eigenvalue weighted by Crippen LogP contribution is 2.30. The first kappa shape index (κ1) is 16.3. The monoisotopic (exact) mass is 342 g/mol. The Labute approximate surface area is 147 Å². The molecule has 2 aromatic rings. The highest BCUT2D eigenvalue weighted by Gasteiger charge is 2.39. The van der Waals surface area contributed by atoms with Crippen molar-refractivity contribution in [3.8, 4) is 5.69 Å². The molecule has 0 radical (unpaired) electrons. The summed E-state index contributed by atoms with van der Waals surface area (Å²) in [6.45, 7) is 1.90. The largest absolute Gasteiger partial charge is 0.333 e. The van der Waals surface area contributed by atoms with E-state index in [0.29, 0.717) is 17.4 Å². The first-order chi connectivity index (χ1) is 12.1. The van der Waals surface area contributed by atoms with Crippen molar-refractivity contribution in [2.45, 2.75) is 37.8 Å². The number of likely N-dealkylation sites (tertiary alicyclic amines) is 2. The van der Waals surface area contributed by atoms with Crippen LogP contribution in [-0.4, -0.2) is 57.7 Å². The van der Waals surface area contributed by atoms with E-state index in [1.807, 2.05) is 4.90 Å². The molecule has 1 amide bonds. The molecule has 2 saturated heterocycles. The van der Waals surface area contributed by atoms with Gasteiger partial charge in [-0.2, -0.15) is 5.10 Å². The minimum Gasteiger partial charge on any atom is -0.333 e. The molecule has 0 saturated carbocycles. The molecule has 2 aliphatic heterocycles. The molecule has 4 rings (SSSR count). The van der Waals surface area contributed by atoms with Gasteiger partial charge < -0.3 is 9.80 Å². The predicted molar refractivity (Wildman–Crippen MR) is 93.2 cm³/mol. The van der Waals surface area contributed by atoms with Crippen LogP contribution >= 0.6 is 0 Å². The molecule has 3 heterocycles. The summed E-state index contributed by atoms with van der Waals surface area (Å²) in [5, 5.41) is 4.39. The van der Waals surface area contributed by atoms with Crippen molar-refractivity contribution < 1.29 is 9.18 Å². The molecule has 0 N–H and O–H groups in total. The number of aromatic nitrogens is 2. The molecular formula is C19H23FN4O. The number of likely N-dealkylation sites (N-methyl/N-ethyl adjacent to an activating group) is 1. The molecule has 1 aromatic carbocycles. The van der Waals surface area contributed by atoms with Crippen molar-refractivity contribution in [3.05, 3.63) is 48.0 Å². The minimum absolute atomic E-state index is 0.0158. The predicted octanol–water partition coefficient (Wildman–Crippen LogP) is 2.71. The second-order valence-electron chi connectivity index (χ2n) is 7.02. The molecule has 2 fully saturated rings. The van der Waals surface area contributed by atoms with Gasteiger partial charge >= 0.3 is 0 Å². The lowest BCUT2D eigenvalue weighted by atomic mass is 10.0. The number of nitrogens with zero attached hydrogens (tertiary/aromatic N) is 4. The van der Waals surface area contributed by atoms with E-state index >= 15 is 0 Å². The van der Waals surface area contributed by atoms with E-state index in [4.69, 9.17) is 0 Å². The number of carbonyl (C=O) groups excluding carboxylic acids is 1. The highest BCUT2D eigenvalue weighted by atomic mass is 19.1. The van der Waals surface area contributed by atoms with Crippen LogP contribution in [-0.2, 0) is 0 Å². The van der Waals surface area contributed by atoms with Gasteiger partial charge in [-0.1, -0.05) is 6.07 Å². The van der Waals surface area contributed by atoms with Crippen LogP contribution in [0.15, 0.2) is 36.5 Å². The van der Waals surface area contributed by atoms with Crippen LogP contribution in [0, 0.1) is 5.82 Å². The van der Waals surface area contributed by atoms with E-state index in [1.54, 1.807) is 29.1 Å². The standard InChI is InChI=1S/C19H23FN4O/c1-22-10-3-7-17(22)18-8-4-11-23(18)19(25)16-9-12-24(21-16)15-6-2-5-14(20)13-15/h2,5-6,9,12-13,17-18H,3-4,7-8,10-11H2,1H3/t17-,18-/m0/s1. The van der Waals surface area contributed by atoms with Gasteiger partial charge in [-0.25, -0.2) is 9.07 Å². The number of rotatable bonds is 3. The molecule has 6 heteroatoms. The second kappa shape index (κ2) is 6.59. The molecule has 2 atom stereocenters. The van der Waals surface area contributed by atoms with Crippen LogP contribution in [0.1, 0.15) is 36.2 Å². The summed E-state index contributed by atoms with van der Waals surface area (Å²) in [6, 6.07) is 8.67. The quantitative estimate of drug-likeness (QED) is 0.861. The smallest absolute Gasteiger partial charge is 0.274 e. The van der Waals surface area contributed by atoms with Gasteiger partial charge in [0.2, 0.25) is 0 Å². The maximum atomic E-state index is 13.4. The topological polar surface area (TPSA) is 41.4 Å². The Morgan fingerprint density at radius 1 is 1.16 bits per heavy atom. The Balaban J connectivity index is 1.54. The van der Waals surface area contributed by atoms with Gasteiger partial charge in [0.05, 0.1) is 5.69 Å². The molecule has 132 valence electrons. The van der Waals surface area contributed by atoms with E-state index in [9.17, 15) is 9.18 Å². The summed E-state index contributed by atoms with van der Waals surface area (Å²) in [6.07, 6.45) is 6.18. The average Bonchev–Trinajstić information content (AvgIpc) is 3.34. The normalized spacial score (nSPS) is 24.2. The summed E-state index contributed by atoms with van der Waals surface area (Å²) in [5.74, 6) is -0.331. The maximum absolute atomic E-state index is 13.4. The molecule has 0 spiro atoms. The maximum Gasteiger partial charge on any atom is 0.274 e. The first-order valence-electron chi connectivity index (χ1n) is 8.96. The number of halogens is 1. The van der Waals surface area contributed by atoms with Gasteiger partial charge in [0.25, 0.3) is 5.91 Å². The fraction of sp³-hybridized carbons (Fsp3) is 0.474. The van der Waals surface area contributed by atoms with E-state index in [0.717, 1.165) is 32.4 Å². The lowest BCUT2D eigenvalue weighted by Gasteiger charge is -2.32. The van der Waals surface area contributed by atoms with Gasteiger partial charge in [0, 0.05) is 24.8 Å². The molecule has 0 bridgehead atoms. The van der Waals surface area contributed by atoms with Crippen molar-refractivity contribution >= 4 is 5.91 Å². The highest BCUT2D eigenvalue weighted by molar-refractivity contribution is 5.92. The zero-order valence-corrected chi connectivity index (χ0v) is 14.4. The SMILES string of the molecule is CN1CCC[C@H]1[C@@H]1CCCN1C(=O)c1ccn(-c2cccc(F)c2)n1. The molecular weight excluding hydrogens is 319 g/mol. The van der Waals surface area contributed by atoms with Gasteiger partial charge in [-0.3, -0.25) is 4.79 Å². The Morgan fingerprint density at radius 3 is 2.72 bits per heavy atom. The molecule has 0 aliphatic carbocycles. The summed E-state index contributed by atoms with van der Waals surface area (Å²) in [7, 11) is 2.15. The third-order valence-corrected chi connectivity index (χ3v) is 5.46. The Morgan fingerprint density at radius 2 is 1.96 bits per heavy atom. The first-order valence-corrected chi connectivity index (χ1v) is 8.96. The lowest BCUT2D eigenvalue weighted by Crippen LogP contribution is -2.47. The average molecular weight is 342 g/mol. The number of carbonyl (C=O) groups is 1. The van der Waals surface area contributed by atoms with Gasteiger partial charge in [0.1, 0.15) is 5.82 Å². The van der Waals surface area contributed by atoms with Crippen molar-refractivity contribution in [1.29, 1.82) is 0 Å². The Bertz CT molecular complexity index is 774. The van der Waals surface area contributed by atoms with Gasteiger partial charge in [-0.15, -0.1) is 0 Å². The number of hydrogen-bond acceptors (Lipinski definition) is 3. The Kier molecular flexibility index (Phi) is 4.29. The number of hydrogen-bond donors (Lipinski definition) is 0. The van der Waals surface area contributed by atoms with Gasteiger partial charge in [-0.05, 0) is 63.5 Å². The Hall–Kier alpha value is -2.21. The van der Waals surface area contributed by atoms with Crippen LogP contribution in [0.2, 0.25) is 0 Å². The van der Waals surface area contributed by atoms with Crippen LogP contribution in [0.3, 0.4) is 0 Å².